The Morgan fingerprint density at radius 3 is 2.78 bits per heavy atom. The molecule has 0 saturated carbocycles. The molecule has 18 heavy (non-hydrogen) atoms. The number of hydrogen-bond donors (Lipinski definition) is 0. The van der Waals surface area contributed by atoms with Crippen LogP contribution in [0.2, 0.25) is 0 Å². The van der Waals surface area contributed by atoms with Gasteiger partial charge in [0.05, 0.1) is 6.20 Å². The van der Waals surface area contributed by atoms with E-state index in [1.165, 1.54) is 11.0 Å². The van der Waals surface area contributed by atoms with Gasteiger partial charge < -0.3 is 0 Å². The lowest BCUT2D eigenvalue weighted by molar-refractivity contribution is 0.453. The quantitative estimate of drug-likeness (QED) is 0.769. The molecule has 0 aliphatic carbocycles. The van der Waals surface area contributed by atoms with Gasteiger partial charge in [-0.05, 0) is 28.5 Å². The second kappa shape index (κ2) is 5.59. The fraction of sp³-hybridized carbons (Fsp3) is 0.455. The molecule has 0 fully saturated rings. The lowest BCUT2D eigenvalue weighted by atomic mass is 10.2. The molecule has 2 aromatic rings. The third kappa shape index (κ3) is 3.15. The second-order valence-corrected chi connectivity index (χ2v) is 5.67. The van der Waals surface area contributed by atoms with E-state index in [4.69, 9.17) is 0 Å². The minimum absolute atomic E-state index is 0.124. The molecule has 96 valence electrons. The average molecular weight is 359 g/mol. The Hall–Kier alpha value is -1.25. The zero-order chi connectivity index (χ0) is 13.1. The lowest BCUT2D eigenvalue weighted by Gasteiger charge is -2.09. The first-order valence-corrected chi connectivity index (χ1v) is 6.73. The van der Waals surface area contributed by atoms with E-state index in [0.717, 1.165) is 15.9 Å². The molecule has 0 spiro atoms. The van der Waals surface area contributed by atoms with Gasteiger partial charge in [-0.1, -0.05) is 13.8 Å². The van der Waals surface area contributed by atoms with Gasteiger partial charge in [0.2, 0.25) is 0 Å². The number of halogens is 1. The van der Waals surface area contributed by atoms with Crippen molar-refractivity contribution in [2.75, 3.05) is 0 Å². The first-order chi connectivity index (χ1) is 8.56. The SMILES string of the molecule is CC(C)Cn1ncnc1Cn1ncc(I)cc1=O. The monoisotopic (exact) mass is 359 g/mol. The smallest absolute Gasteiger partial charge is 0.268 e. The molecule has 2 aromatic heterocycles. The summed E-state index contributed by atoms with van der Waals surface area (Å²) in [5.41, 5.74) is -0.124. The zero-order valence-electron chi connectivity index (χ0n) is 10.2. The predicted molar refractivity (Wildman–Crippen MR) is 75.2 cm³/mol. The van der Waals surface area contributed by atoms with E-state index in [0.29, 0.717) is 12.5 Å². The molecule has 0 aliphatic rings. The summed E-state index contributed by atoms with van der Waals surface area (Å²) >= 11 is 2.07. The molecule has 2 heterocycles. The molecular weight excluding hydrogens is 345 g/mol. The molecule has 7 heteroatoms. The summed E-state index contributed by atoms with van der Waals surface area (Å²) in [5, 5.41) is 8.25. The summed E-state index contributed by atoms with van der Waals surface area (Å²) in [6, 6.07) is 1.55. The number of nitrogens with zero attached hydrogens (tertiary/aromatic N) is 5. The van der Waals surface area contributed by atoms with Crippen molar-refractivity contribution >= 4 is 22.6 Å². The average Bonchev–Trinajstić information content (AvgIpc) is 2.69. The summed E-state index contributed by atoms with van der Waals surface area (Å²) in [6.07, 6.45) is 3.17. The fourth-order valence-corrected chi connectivity index (χ4v) is 1.96. The normalized spacial score (nSPS) is 11.1. The van der Waals surface area contributed by atoms with Crippen molar-refractivity contribution in [3.05, 3.63) is 38.3 Å². The van der Waals surface area contributed by atoms with Crippen LogP contribution in [0.5, 0.6) is 0 Å². The summed E-state index contributed by atoms with van der Waals surface area (Å²) < 4.78 is 4.04. The van der Waals surface area contributed by atoms with Gasteiger partial charge in [-0.15, -0.1) is 0 Å². The van der Waals surface area contributed by atoms with Gasteiger partial charge in [-0.2, -0.15) is 10.2 Å². The highest BCUT2D eigenvalue weighted by Crippen LogP contribution is 2.02. The summed E-state index contributed by atoms with van der Waals surface area (Å²) in [4.78, 5) is 15.9. The Bertz CT molecular complexity index is 589. The first kappa shape index (κ1) is 13.2. The van der Waals surface area contributed by atoms with Crippen LogP contribution in [0.15, 0.2) is 23.4 Å². The Morgan fingerprint density at radius 1 is 1.33 bits per heavy atom. The second-order valence-electron chi connectivity index (χ2n) is 4.42. The number of rotatable bonds is 4. The van der Waals surface area contributed by atoms with E-state index < -0.39 is 0 Å². The molecule has 0 amide bonds. The Morgan fingerprint density at radius 2 is 2.11 bits per heavy atom. The molecule has 0 N–H and O–H groups in total. The van der Waals surface area contributed by atoms with Gasteiger partial charge in [-0.3, -0.25) is 4.79 Å². The summed E-state index contributed by atoms with van der Waals surface area (Å²) in [6.45, 7) is 5.36. The van der Waals surface area contributed by atoms with Crippen LogP contribution in [0.3, 0.4) is 0 Å². The van der Waals surface area contributed by atoms with E-state index in [1.807, 2.05) is 4.68 Å². The molecular formula is C11H14IN5O. The Kier molecular flexibility index (Phi) is 4.10. The van der Waals surface area contributed by atoms with Gasteiger partial charge in [0.15, 0.2) is 0 Å². The number of hydrogen-bond acceptors (Lipinski definition) is 4. The molecule has 0 aliphatic heterocycles. The molecule has 0 bridgehead atoms. The van der Waals surface area contributed by atoms with E-state index >= 15 is 0 Å². The van der Waals surface area contributed by atoms with E-state index in [2.05, 4.69) is 51.6 Å². The molecule has 0 unspecified atom stereocenters. The zero-order valence-corrected chi connectivity index (χ0v) is 12.4. The molecule has 0 radical (unpaired) electrons. The van der Waals surface area contributed by atoms with Crippen LogP contribution < -0.4 is 5.56 Å². The van der Waals surface area contributed by atoms with Crippen LogP contribution in [0, 0.1) is 9.49 Å². The van der Waals surface area contributed by atoms with Crippen molar-refractivity contribution in [3.63, 3.8) is 0 Å². The van der Waals surface area contributed by atoms with Crippen molar-refractivity contribution in [2.24, 2.45) is 5.92 Å². The molecule has 2 rings (SSSR count). The maximum absolute atomic E-state index is 11.7. The summed E-state index contributed by atoms with van der Waals surface area (Å²) in [5.74, 6) is 1.23. The van der Waals surface area contributed by atoms with Crippen LogP contribution in [0.4, 0.5) is 0 Å². The van der Waals surface area contributed by atoms with Crippen LogP contribution in [0.25, 0.3) is 0 Å². The fourth-order valence-electron chi connectivity index (χ4n) is 1.57. The molecule has 0 aromatic carbocycles. The largest absolute Gasteiger partial charge is 0.268 e. The topological polar surface area (TPSA) is 65.6 Å². The summed E-state index contributed by atoms with van der Waals surface area (Å²) in [7, 11) is 0. The van der Waals surface area contributed by atoms with Crippen LogP contribution in [-0.2, 0) is 13.1 Å². The third-order valence-corrected chi connectivity index (χ3v) is 2.95. The number of aromatic nitrogens is 5. The van der Waals surface area contributed by atoms with Gasteiger partial charge >= 0.3 is 0 Å². The third-order valence-electron chi connectivity index (χ3n) is 2.36. The van der Waals surface area contributed by atoms with Gasteiger partial charge in [-0.25, -0.2) is 14.3 Å². The van der Waals surface area contributed by atoms with E-state index in [-0.39, 0.29) is 5.56 Å². The highest BCUT2D eigenvalue weighted by atomic mass is 127. The van der Waals surface area contributed by atoms with E-state index in [1.54, 1.807) is 12.3 Å². The van der Waals surface area contributed by atoms with Crippen molar-refractivity contribution in [3.8, 4) is 0 Å². The van der Waals surface area contributed by atoms with Crippen LogP contribution in [0.1, 0.15) is 19.7 Å². The Labute approximate surface area is 118 Å². The Balaban J connectivity index is 2.23. The van der Waals surface area contributed by atoms with Crippen molar-refractivity contribution < 1.29 is 0 Å². The van der Waals surface area contributed by atoms with Crippen molar-refractivity contribution in [1.82, 2.24) is 24.5 Å². The van der Waals surface area contributed by atoms with Gasteiger partial charge in [0, 0.05) is 16.2 Å². The molecule has 0 saturated heterocycles. The minimum Gasteiger partial charge on any atom is -0.268 e. The maximum atomic E-state index is 11.7. The highest BCUT2D eigenvalue weighted by Gasteiger charge is 2.08. The van der Waals surface area contributed by atoms with Crippen molar-refractivity contribution in [1.29, 1.82) is 0 Å². The molecule has 6 nitrogen and oxygen atoms in total. The van der Waals surface area contributed by atoms with Gasteiger partial charge in [0.25, 0.3) is 5.56 Å². The molecule has 0 atom stereocenters. The standard InChI is InChI=1S/C11H14IN5O/c1-8(2)5-16-10(13-7-15-16)6-17-11(18)3-9(12)4-14-17/h3-4,7-8H,5-6H2,1-2H3. The van der Waals surface area contributed by atoms with Crippen LogP contribution >= 0.6 is 22.6 Å². The van der Waals surface area contributed by atoms with Crippen molar-refractivity contribution in [2.45, 2.75) is 26.9 Å². The van der Waals surface area contributed by atoms with E-state index in [9.17, 15) is 4.79 Å². The predicted octanol–water partition coefficient (Wildman–Crippen LogP) is 1.14. The minimum atomic E-state index is -0.124. The highest BCUT2D eigenvalue weighted by molar-refractivity contribution is 14.1. The lowest BCUT2D eigenvalue weighted by Crippen LogP contribution is -2.25. The van der Waals surface area contributed by atoms with Gasteiger partial charge in [0.1, 0.15) is 18.7 Å². The maximum Gasteiger partial charge on any atom is 0.268 e. The van der Waals surface area contributed by atoms with Crippen LogP contribution in [-0.4, -0.2) is 24.5 Å². The first-order valence-electron chi connectivity index (χ1n) is 5.65.